The highest BCUT2D eigenvalue weighted by atomic mass is 32.2. The fourth-order valence-corrected chi connectivity index (χ4v) is 1.99. The van der Waals surface area contributed by atoms with Gasteiger partial charge in [0.05, 0.1) is 16.3 Å². The number of alkyl halides is 3. The van der Waals surface area contributed by atoms with E-state index in [4.69, 9.17) is 4.52 Å². The number of nitrogens with zero attached hydrogens (tertiary/aromatic N) is 2. The molecule has 0 aliphatic rings. The van der Waals surface area contributed by atoms with Crippen LogP contribution in [-0.2, 0) is 11.9 Å². The van der Waals surface area contributed by atoms with Gasteiger partial charge in [0.25, 0.3) is 0 Å². The Morgan fingerprint density at radius 1 is 1.33 bits per heavy atom. The van der Waals surface area contributed by atoms with Crippen LogP contribution >= 0.6 is 11.8 Å². The molecular formula is C11H9F3N2OS. The summed E-state index contributed by atoms with van der Waals surface area (Å²) in [5.74, 6) is 1.21. The molecule has 18 heavy (non-hydrogen) atoms. The molecule has 0 bridgehead atoms. The second-order valence-corrected chi connectivity index (χ2v) is 4.60. The van der Waals surface area contributed by atoms with E-state index in [1.54, 1.807) is 13.0 Å². The molecule has 0 unspecified atom stereocenters. The fraction of sp³-hybridized carbons (Fsp3) is 0.273. The van der Waals surface area contributed by atoms with Crippen LogP contribution in [0.1, 0.15) is 17.0 Å². The number of rotatable bonds is 3. The minimum absolute atomic E-state index is 0.510. The van der Waals surface area contributed by atoms with Crippen LogP contribution in [0.3, 0.4) is 0 Å². The van der Waals surface area contributed by atoms with E-state index >= 15 is 0 Å². The largest absolute Gasteiger partial charge is 0.417 e. The Morgan fingerprint density at radius 2 is 2.11 bits per heavy atom. The van der Waals surface area contributed by atoms with E-state index in [1.165, 1.54) is 17.8 Å². The van der Waals surface area contributed by atoms with E-state index in [0.717, 1.165) is 18.0 Å². The second-order valence-electron chi connectivity index (χ2n) is 3.60. The van der Waals surface area contributed by atoms with Gasteiger partial charge in [-0.1, -0.05) is 16.9 Å². The lowest BCUT2D eigenvalue weighted by Crippen LogP contribution is -2.05. The van der Waals surface area contributed by atoms with Gasteiger partial charge in [-0.05, 0) is 19.1 Å². The molecule has 2 aromatic heterocycles. The molecule has 0 atom stereocenters. The van der Waals surface area contributed by atoms with Gasteiger partial charge < -0.3 is 4.52 Å². The van der Waals surface area contributed by atoms with Crippen LogP contribution in [0, 0.1) is 6.92 Å². The molecule has 2 heterocycles. The minimum Gasteiger partial charge on any atom is -0.361 e. The number of aromatic nitrogens is 2. The van der Waals surface area contributed by atoms with Crippen molar-refractivity contribution in [2.24, 2.45) is 0 Å². The summed E-state index contributed by atoms with van der Waals surface area (Å²) in [6.45, 7) is 1.78. The Morgan fingerprint density at radius 3 is 2.61 bits per heavy atom. The Kier molecular flexibility index (Phi) is 3.60. The topological polar surface area (TPSA) is 38.9 Å². The Balaban J connectivity index is 1.98. The molecule has 0 amide bonds. The number of halogens is 3. The second kappa shape index (κ2) is 5.01. The van der Waals surface area contributed by atoms with Gasteiger partial charge in [-0.2, -0.15) is 13.2 Å². The third-order valence-electron chi connectivity index (χ3n) is 2.11. The van der Waals surface area contributed by atoms with Crippen molar-refractivity contribution in [1.29, 1.82) is 0 Å². The van der Waals surface area contributed by atoms with Crippen LogP contribution < -0.4 is 0 Å². The summed E-state index contributed by atoms with van der Waals surface area (Å²) >= 11 is 1.31. The standard InChI is InChI=1S/C11H9F3N2OS/c1-7-4-9(16-17-7)6-18-10-3-2-8(5-15-10)11(12,13)14/h2-5H,6H2,1H3. The Bertz CT molecular complexity index is 522. The summed E-state index contributed by atoms with van der Waals surface area (Å²) in [5, 5.41) is 4.30. The third kappa shape index (κ3) is 3.25. The molecule has 0 saturated heterocycles. The van der Waals surface area contributed by atoms with E-state index < -0.39 is 11.7 Å². The molecule has 0 radical (unpaired) electrons. The maximum Gasteiger partial charge on any atom is 0.417 e. The first-order valence-electron chi connectivity index (χ1n) is 5.03. The van der Waals surface area contributed by atoms with Gasteiger partial charge in [-0.25, -0.2) is 4.98 Å². The van der Waals surface area contributed by atoms with E-state index in [2.05, 4.69) is 10.1 Å². The molecule has 0 aliphatic heterocycles. The maximum atomic E-state index is 12.3. The van der Waals surface area contributed by atoms with E-state index in [1.807, 2.05) is 0 Å². The number of hydrogen-bond donors (Lipinski definition) is 0. The summed E-state index contributed by atoms with van der Waals surface area (Å²) in [6, 6.07) is 4.14. The van der Waals surface area contributed by atoms with Gasteiger partial charge in [0.15, 0.2) is 0 Å². The molecule has 7 heteroatoms. The van der Waals surface area contributed by atoms with Crippen molar-refractivity contribution >= 4 is 11.8 Å². The SMILES string of the molecule is Cc1cc(CSc2ccc(C(F)(F)F)cn2)no1. The Labute approximate surface area is 105 Å². The van der Waals surface area contributed by atoms with Crippen LogP contribution in [0.25, 0.3) is 0 Å². The van der Waals surface area contributed by atoms with Crippen molar-refractivity contribution < 1.29 is 17.7 Å². The lowest BCUT2D eigenvalue weighted by atomic mass is 10.3. The lowest BCUT2D eigenvalue weighted by Gasteiger charge is -2.06. The molecule has 0 spiro atoms. The first-order valence-corrected chi connectivity index (χ1v) is 6.02. The van der Waals surface area contributed by atoms with Gasteiger partial charge in [0.2, 0.25) is 0 Å². The zero-order valence-electron chi connectivity index (χ0n) is 9.36. The molecule has 0 fully saturated rings. The molecular weight excluding hydrogens is 265 g/mol. The van der Waals surface area contributed by atoms with Crippen molar-refractivity contribution in [3.63, 3.8) is 0 Å². The monoisotopic (exact) mass is 274 g/mol. The van der Waals surface area contributed by atoms with Crippen molar-refractivity contribution in [2.75, 3.05) is 0 Å². The number of aryl methyl sites for hydroxylation is 1. The summed E-state index contributed by atoms with van der Waals surface area (Å²) in [5.41, 5.74) is -0.0108. The highest BCUT2D eigenvalue weighted by molar-refractivity contribution is 7.98. The molecule has 0 saturated carbocycles. The minimum atomic E-state index is -4.35. The van der Waals surface area contributed by atoms with Gasteiger partial charge in [0.1, 0.15) is 5.76 Å². The van der Waals surface area contributed by atoms with E-state index in [-0.39, 0.29) is 0 Å². The van der Waals surface area contributed by atoms with Crippen molar-refractivity contribution in [3.8, 4) is 0 Å². The summed E-state index contributed by atoms with van der Waals surface area (Å²) < 4.78 is 41.8. The van der Waals surface area contributed by atoms with E-state index in [9.17, 15) is 13.2 Å². The van der Waals surface area contributed by atoms with Crippen molar-refractivity contribution in [2.45, 2.75) is 23.9 Å². The predicted octanol–water partition coefficient (Wildman–Crippen LogP) is 3.69. The van der Waals surface area contributed by atoms with Crippen LogP contribution in [0.2, 0.25) is 0 Å². The molecule has 0 N–H and O–H groups in total. The number of thioether (sulfide) groups is 1. The van der Waals surface area contributed by atoms with E-state index in [0.29, 0.717) is 16.5 Å². The number of hydrogen-bond acceptors (Lipinski definition) is 4. The van der Waals surface area contributed by atoms with Crippen LogP contribution in [0.4, 0.5) is 13.2 Å². The van der Waals surface area contributed by atoms with Gasteiger partial charge in [-0.15, -0.1) is 0 Å². The third-order valence-corrected chi connectivity index (χ3v) is 3.09. The normalized spacial score (nSPS) is 11.8. The molecule has 0 aromatic carbocycles. The number of pyridine rings is 1. The summed E-state index contributed by atoms with van der Waals surface area (Å²) in [7, 11) is 0. The van der Waals surface area contributed by atoms with Gasteiger partial charge >= 0.3 is 6.18 Å². The molecule has 2 aromatic rings. The zero-order chi connectivity index (χ0) is 13.2. The molecule has 96 valence electrons. The fourth-order valence-electron chi connectivity index (χ4n) is 1.27. The highest BCUT2D eigenvalue weighted by Crippen LogP contribution is 2.30. The predicted molar refractivity (Wildman–Crippen MR) is 60.0 cm³/mol. The first kappa shape index (κ1) is 12.9. The summed E-state index contributed by atoms with van der Waals surface area (Å²) in [6.07, 6.45) is -3.52. The zero-order valence-corrected chi connectivity index (χ0v) is 10.2. The van der Waals surface area contributed by atoms with Crippen LogP contribution in [0.15, 0.2) is 33.9 Å². The molecule has 2 rings (SSSR count). The smallest absolute Gasteiger partial charge is 0.361 e. The first-order chi connectivity index (χ1) is 8.45. The van der Waals surface area contributed by atoms with Crippen molar-refractivity contribution in [1.82, 2.24) is 10.1 Å². The maximum absolute atomic E-state index is 12.3. The molecule has 3 nitrogen and oxygen atoms in total. The summed E-state index contributed by atoms with van der Waals surface area (Å²) in [4.78, 5) is 3.75. The van der Waals surface area contributed by atoms with Gasteiger partial charge in [0, 0.05) is 18.0 Å². The average Bonchev–Trinajstić information content (AvgIpc) is 2.72. The average molecular weight is 274 g/mol. The van der Waals surface area contributed by atoms with Crippen LogP contribution in [-0.4, -0.2) is 10.1 Å². The Hall–Kier alpha value is -1.50. The highest BCUT2D eigenvalue weighted by Gasteiger charge is 2.30. The van der Waals surface area contributed by atoms with Crippen molar-refractivity contribution in [3.05, 3.63) is 41.4 Å². The van der Waals surface area contributed by atoms with Crippen LogP contribution in [0.5, 0.6) is 0 Å². The lowest BCUT2D eigenvalue weighted by molar-refractivity contribution is -0.137. The molecule has 0 aliphatic carbocycles. The quantitative estimate of drug-likeness (QED) is 0.800. The van der Waals surface area contributed by atoms with Gasteiger partial charge in [-0.3, -0.25) is 0 Å².